The largest absolute Gasteiger partial charge is 0.454 e. The monoisotopic (exact) mass is 408 g/mol. The lowest BCUT2D eigenvalue weighted by Gasteiger charge is -2.26. The van der Waals surface area contributed by atoms with E-state index in [-0.39, 0.29) is 23.8 Å². The summed E-state index contributed by atoms with van der Waals surface area (Å²) in [5.41, 5.74) is 0.0868. The molecular formula is C19H21FN2O5S. The van der Waals surface area contributed by atoms with Crippen molar-refractivity contribution in [1.82, 2.24) is 10.0 Å². The van der Waals surface area contributed by atoms with Crippen molar-refractivity contribution in [1.29, 1.82) is 0 Å². The Morgan fingerprint density at radius 3 is 2.57 bits per heavy atom. The third kappa shape index (κ3) is 3.95. The number of ether oxygens (including phenoxy) is 2. The van der Waals surface area contributed by atoms with E-state index in [0.29, 0.717) is 11.5 Å². The minimum absolute atomic E-state index is 0.168. The predicted octanol–water partition coefficient (Wildman–Crippen LogP) is 2.17. The molecule has 2 aromatic rings. The van der Waals surface area contributed by atoms with Crippen molar-refractivity contribution in [3.8, 4) is 11.5 Å². The molecule has 0 saturated carbocycles. The van der Waals surface area contributed by atoms with E-state index in [9.17, 15) is 17.6 Å². The maximum Gasteiger partial charge on any atom is 0.254 e. The number of nitrogens with one attached hydrogen (secondary N) is 2. The molecule has 0 aromatic heterocycles. The number of hydrogen-bond acceptors (Lipinski definition) is 5. The van der Waals surface area contributed by atoms with Crippen LogP contribution >= 0.6 is 0 Å². The van der Waals surface area contributed by atoms with E-state index in [1.165, 1.54) is 7.05 Å². The van der Waals surface area contributed by atoms with E-state index < -0.39 is 27.2 Å². The third-order valence-electron chi connectivity index (χ3n) is 4.61. The van der Waals surface area contributed by atoms with Gasteiger partial charge < -0.3 is 14.8 Å². The number of sulfonamides is 1. The fraction of sp³-hybridized carbons (Fsp3) is 0.316. The van der Waals surface area contributed by atoms with E-state index >= 15 is 0 Å². The number of carbonyl (C=O) groups excluding carboxylic acids is 1. The van der Waals surface area contributed by atoms with Crippen LogP contribution in [0.25, 0.3) is 0 Å². The minimum Gasteiger partial charge on any atom is -0.454 e. The van der Waals surface area contributed by atoms with Gasteiger partial charge in [-0.15, -0.1) is 0 Å². The fourth-order valence-electron chi connectivity index (χ4n) is 2.78. The molecule has 1 aliphatic rings. The molecule has 0 radical (unpaired) electrons. The third-order valence-corrected chi connectivity index (χ3v) is 6.02. The average Bonchev–Trinajstić information content (AvgIpc) is 3.14. The molecule has 2 aromatic carbocycles. The van der Waals surface area contributed by atoms with Gasteiger partial charge in [-0.1, -0.05) is 19.9 Å². The van der Waals surface area contributed by atoms with Crippen LogP contribution in [0.4, 0.5) is 4.39 Å². The summed E-state index contributed by atoms with van der Waals surface area (Å²) in [6.07, 6.45) is 0. The molecule has 1 aliphatic heterocycles. The van der Waals surface area contributed by atoms with Gasteiger partial charge in [0.05, 0.1) is 10.5 Å². The molecule has 0 unspecified atom stereocenters. The highest BCUT2D eigenvalue weighted by molar-refractivity contribution is 7.89. The van der Waals surface area contributed by atoms with Crippen molar-refractivity contribution in [2.45, 2.75) is 24.2 Å². The Kier molecular flexibility index (Phi) is 5.31. The molecule has 2 N–H and O–H groups in total. The summed E-state index contributed by atoms with van der Waals surface area (Å²) in [7, 11) is -2.54. The lowest BCUT2D eigenvalue weighted by molar-refractivity contribution is 0.0941. The van der Waals surface area contributed by atoms with E-state index in [1.54, 1.807) is 6.07 Å². The van der Waals surface area contributed by atoms with Crippen molar-refractivity contribution < 1.29 is 27.1 Å². The molecule has 150 valence electrons. The van der Waals surface area contributed by atoms with E-state index in [1.807, 2.05) is 26.0 Å². The van der Waals surface area contributed by atoms with Crippen LogP contribution in [0.15, 0.2) is 41.3 Å². The van der Waals surface area contributed by atoms with Gasteiger partial charge in [-0.05, 0) is 42.9 Å². The quantitative estimate of drug-likeness (QED) is 0.764. The van der Waals surface area contributed by atoms with E-state index in [2.05, 4.69) is 10.0 Å². The number of amides is 1. The van der Waals surface area contributed by atoms with Gasteiger partial charge in [-0.25, -0.2) is 17.5 Å². The molecule has 0 aliphatic carbocycles. The first-order chi connectivity index (χ1) is 13.1. The Balaban J connectivity index is 1.77. The number of rotatable bonds is 6. The lowest BCUT2D eigenvalue weighted by Crippen LogP contribution is -2.37. The Bertz CT molecular complexity index is 1020. The van der Waals surface area contributed by atoms with Gasteiger partial charge in [0, 0.05) is 12.0 Å². The van der Waals surface area contributed by atoms with Crippen LogP contribution in [0, 0.1) is 5.82 Å². The topological polar surface area (TPSA) is 93.7 Å². The number of benzene rings is 2. The maximum absolute atomic E-state index is 14.1. The second-order valence-electron chi connectivity index (χ2n) is 6.98. The zero-order valence-electron chi connectivity index (χ0n) is 15.7. The Morgan fingerprint density at radius 2 is 1.86 bits per heavy atom. The predicted molar refractivity (Wildman–Crippen MR) is 101 cm³/mol. The molecule has 0 fully saturated rings. The lowest BCUT2D eigenvalue weighted by atomic mass is 9.84. The Labute approximate surface area is 162 Å². The molecule has 0 saturated heterocycles. The number of carbonyl (C=O) groups is 1. The van der Waals surface area contributed by atoms with Crippen molar-refractivity contribution in [3.05, 3.63) is 53.3 Å². The van der Waals surface area contributed by atoms with Gasteiger partial charge in [0.2, 0.25) is 16.8 Å². The standard InChI is InChI=1S/C19H21FN2O5S/c1-19(2,12-4-7-16-17(8-12)27-11-26-16)10-22-18(23)14-9-13(5-6-15(14)20)28(24,25)21-3/h4-9,21H,10-11H2,1-3H3,(H,22,23). The number of halogens is 1. The van der Waals surface area contributed by atoms with Crippen LogP contribution in [0.3, 0.4) is 0 Å². The molecule has 7 nitrogen and oxygen atoms in total. The molecule has 1 amide bonds. The first-order valence-electron chi connectivity index (χ1n) is 8.55. The molecule has 3 rings (SSSR count). The second-order valence-corrected chi connectivity index (χ2v) is 8.87. The van der Waals surface area contributed by atoms with Gasteiger partial charge in [0.25, 0.3) is 5.91 Å². The molecular weight excluding hydrogens is 387 g/mol. The summed E-state index contributed by atoms with van der Waals surface area (Å²) in [4.78, 5) is 12.3. The molecule has 0 spiro atoms. The first kappa shape index (κ1) is 20.1. The van der Waals surface area contributed by atoms with Crippen LogP contribution < -0.4 is 19.5 Å². The van der Waals surface area contributed by atoms with Crippen LogP contribution in [0.2, 0.25) is 0 Å². The van der Waals surface area contributed by atoms with Gasteiger partial charge in [-0.3, -0.25) is 4.79 Å². The van der Waals surface area contributed by atoms with Crippen LogP contribution in [0.5, 0.6) is 11.5 Å². The molecule has 1 heterocycles. The first-order valence-corrected chi connectivity index (χ1v) is 10.0. The van der Waals surface area contributed by atoms with Crippen molar-refractivity contribution in [2.75, 3.05) is 20.4 Å². The Morgan fingerprint density at radius 1 is 1.14 bits per heavy atom. The second kappa shape index (κ2) is 7.40. The van der Waals surface area contributed by atoms with Crippen LogP contribution in [0.1, 0.15) is 29.8 Å². The molecule has 0 bridgehead atoms. The number of fused-ring (bicyclic) bond motifs is 1. The van der Waals surface area contributed by atoms with Gasteiger partial charge in [-0.2, -0.15) is 0 Å². The van der Waals surface area contributed by atoms with Gasteiger partial charge in [0.1, 0.15) is 5.82 Å². The van der Waals surface area contributed by atoms with Crippen molar-refractivity contribution >= 4 is 15.9 Å². The van der Waals surface area contributed by atoms with Gasteiger partial charge >= 0.3 is 0 Å². The highest BCUT2D eigenvalue weighted by Gasteiger charge is 2.26. The highest BCUT2D eigenvalue weighted by atomic mass is 32.2. The van der Waals surface area contributed by atoms with E-state index in [0.717, 1.165) is 23.8 Å². The summed E-state index contributed by atoms with van der Waals surface area (Å²) in [6, 6.07) is 8.60. The minimum atomic E-state index is -3.79. The van der Waals surface area contributed by atoms with Crippen molar-refractivity contribution in [3.63, 3.8) is 0 Å². The van der Waals surface area contributed by atoms with Crippen LogP contribution in [-0.2, 0) is 15.4 Å². The molecule has 9 heteroatoms. The van der Waals surface area contributed by atoms with Crippen molar-refractivity contribution in [2.24, 2.45) is 0 Å². The van der Waals surface area contributed by atoms with Gasteiger partial charge in [0.15, 0.2) is 11.5 Å². The summed E-state index contributed by atoms with van der Waals surface area (Å²) in [6.45, 7) is 4.21. The molecule has 0 atom stereocenters. The smallest absolute Gasteiger partial charge is 0.254 e. The van der Waals surface area contributed by atoms with E-state index in [4.69, 9.17) is 9.47 Å². The SMILES string of the molecule is CNS(=O)(=O)c1ccc(F)c(C(=O)NCC(C)(C)c2ccc3c(c2)OCO3)c1. The highest BCUT2D eigenvalue weighted by Crippen LogP contribution is 2.36. The number of hydrogen-bond donors (Lipinski definition) is 2. The average molecular weight is 408 g/mol. The zero-order valence-corrected chi connectivity index (χ0v) is 16.5. The normalized spacial score (nSPS) is 13.4. The fourth-order valence-corrected chi connectivity index (χ4v) is 3.54. The Hall–Kier alpha value is -2.65. The summed E-state index contributed by atoms with van der Waals surface area (Å²) in [5, 5.41) is 2.68. The zero-order chi connectivity index (χ0) is 20.5. The summed E-state index contributed by atoms with van der Waals surface area (Å²) >= 11 is 0. The summed E-state index contributed by atoms with van der Waals surface area (Å²) < 4.78 is 50.7. The summed E-state index contributed by atoms with van der Waals surface area (Å²) in [5.74, 6) is -0.200. The maximum atomic E-state index is 14.1. The molecule has 28 heavy (non-hydrogen) atoms. The van der Waals surface area contributed by atoms with Crippen LogP contribution in [-0.4, -0.2) is 34.7 Å².